The summed E-state index contributed by atoms with van der Waals surface area (Å²) in [6.45, 7) is 10.8. The van der Waals surface area contributed by atoms with Crippen LogP contribution in [0.5, 0.6) is 0 Å². The third-order valence-corrected chi connectivity index (χ3v) is 15.3. The van der Waals surface area contributed by atoms with Crippen molar-refractivity contribution in [3.8, 4) is 22.6 Å². The van der Waals surface area contributed by atoms with Gasteiger partial charge in [-0.2, -0.15) is 0 Å². The summed E-state index contributed by atoms with van der Waals surface area (Å²) in [7, 11) is 0. The third-order valence-electron chi connectivity index (χ3n) is 10.1. The summed E-state index contributed by atoms with van der Waals surface area (Å²) in [6, 6.07) is 30.1. The molecule has 0 unspecified atom stereocenters. The molecule has 0 bridgehead atoms. The lowest BCUT2D eigenvalue weighted by molar-refractivity contribution is 0.0636. The quantitative estimate of drug-likeness (QED) is 0.158. The number of morpholine rings is 2. The Morgan fingerprint density at radius 1 is 0.603 bits per heavy atom. The van der Waals surface area contributed by atoms with Crippen LogP contribution in [0.1, 0.15) is 20.8 Å². The number of nitrogens with two attached hydrogens (primary N) is 1. The molecular weight excluding hydrogens is 877 g/mol. The van der Waals surface area contributed by atoms with Crippen molar-refractivity contribution in [2.75, 3.05) is 73.5 Å². The van der Waals surface area contributed by atoms with E-state index < -0.39 is 11.7 Å². The maximum Gasteiger partial charge on any atom is 0.412 e. The van der Waals surface area contributed by atoms with Gasteiger partial charge in [-0.15, -0.1) is 0 Å². The minimum Gasteiger partial charge on any atom is -0.444 e. The fourth-order valence-electron chi connectivity index (χ4n) is 7.18. The predicted molar refractivity (Wildman–Crippen MR) is 251 cm³/mol. The topological polar surface area (TPSA) is 150 Å². The van der Waals surface area contributed by atoms with Crippen molar-refractivity contribution in [2.24, 2.45) is 0 Å². The van der Waals surface area contributed by atoms with Gasteiger partial charge in [0.1, 0.15) is 17.1 Å². The van der Waals surface area contributed by atoms with E-state index in [1.807, 2.05) is 86.3 Å². The zero-order chi connectivity index (χ0) is 43.7. The van der Waals surface area contributed by atoms with Crippen LogP contribution in [0, 0.1) is 0 Å². The van der Waals surface area contributed by atoms with Gasteiger partial charge >= 0.3 is 6.09 Å². The number of carbonyl (C=O) groups excluding carboxylic acids is 1. The van der Waals surface area contributed by atoms with E-state index in [9.17, 15) is 14.4 Å². The molecule has 0 aliphatic carbocycles. The van der Waals surface area contributed by atoms with Crippen LogP contribution in [-0.4, -0.2) is 64.3 Å². The van der Waals surface area contributed by atoms with Gasteiger partial charge in [-0.3, -0.25) is 14.9 Å². The van der Waals surface area contributed by atoms with E-state index in [0.29, 0.717) is 68.5 Å². The standard InChI is InChI=1S/C26H26N2O5S2.C21H18N2O3S2/c1-26(2,3)33-25(30)27-16-7-8-20-22(13-16)34-21-6-4-5-18(24(21)35-20)19-14-17(29)15-23(32-19)28-9-11-31-12-10-28;22-13-4-5-17-19(10-13)27-18-3-1-2-15(21(18)28-17)16-11-14(24)12-20(26-16)23-6-8-25-9-7-23/h4-8,13-15H,9-12H2,1-3H3,(H,27,30);1-5,10-12H,6-9,22H2. The molecule has 0 spiro atoms. The van der Waals surface area contributed by atoms with Crippen LogP contribution in [0.15, 0.2) is 155 Å². The van der Waals surface area contributed by atoms with Crippen molar-refractivity contribution < 1.29 is 27.8 Å². The summed E-state index contributed by atoms with van der Waals surface area (Å²) >= 11 is 6.63. The highest BCUT2D eigenvalue weighted by atomic mass is 32.2. The molecule has 324 valence electrons. The van der Waals surface area contributed by atoms with Crippen LogP contribution in [0.2, 0.25) is 0 Å². The zero-order valence-corrected chi connectivity index (χ0v) is 38.0. The average molecular weight is 921 g/mol. The molecule has 10 rings (SSSR count). The summed E-state index contributed by atoms with van der Waals surface area (Å²) in [5, 5.41) is 2.81. The number of hydrogen-bond acceptors (Lipinski definition) is 15. The van der Waals surface area contributed by atoms with Crippen molar-refractivity contribution in [3.05, 3.63) is 118 Å². The average Bonchev–Trinajstić information content (AvgIpc) is 3.27. The van der Waals surface area contributed by atoms with E-state index in [2.05, 4.69) is 22.3 Å². The van der Waals surface area contributed by atoms with Gasteiger partial charge in [0, 0.05) is 112 Å². The van der Waals surface area contributed by atoms with Gasteiger partial charge in [0.15, 0.2) is 22.6 Å². The second-order valence-corrected chi connectivity index (χ2v) is 20.1. The molecule has 0 atom stereocenters. The van der Waals surface area contributed by atoms with Crippen LogP contribution in [0.3, 0.4) is 0 Å². The van der Waals surface area contributed by atoms with Gasteiger partial charge in [-0.05, 0) is 69.3 Å². The summed E-state index contributed by atoms with van der Waals surface area (Å²) < 4.78 is 28.6. The lowest BCUT2D eigenvalue weighted by atomic mass is 10.1. The van der Waals surface area contributed by atoms with Gasteiger partial charge in [0.25, 0.3) is 0 Å². The van der Waals surface area contributed by atoms with Gasteiger partial charge < -0.3 is 38.6 Å². The largest absolute Gasteiger partial charge is 0.444 e. The molecule has 2 aromatic heterocycles. The number of nitrogens with zero attached hydrogens (tertiary/aromatic N) is 2. The highest BCUT2D eigenvalue weighted by Crippen LogP contribution is 2.53. The third kappa shape index (κ3) is 10.1. The number of carbonyl (C=O) groups is 1. The predicted octanol–water partition coefficient (Wildman–Crippen LogP) is 10.4. The van der Waals surface area contributed by atoms with Crippen molar-refractivity contribution in [2.45, 2.75) is 65.5 Å². The molecule has 1 amide bonds. The molecule has 4 aliphatic heterocycles. The molecule has 4 aromatic carbocycles. The van der Waals surface area contributed by atoms with Crippen molar-refractivity contribution >= 4 is 76.3 Å². The van der Waals surface area contributed by atoms with Crippen LogP contribution in [0.25, 0.3) is 22.6 Å². The Labute approximate surface area is 381 Å². The number of amides is 1. The van der Waals surface area contributed by atoms with Crippen LogP contribution in [-0.2, 0) is 14.2 Å². The number of benzene rings is 4. The molecule has 3 N–H and O–H groups in total. The van der Waals surface area contributed by atoms with Gasteiger partial charge in [0.2, 0.25) is 0 Å². The minimum absolute atomic E-state index is 0.0537. The number of fused-ring (bicyclic) bond motifs is 4. The number of nitrogens with one attached hydrogen (secondary N) is 1. The molecular formula is C47H44N4O8S4. The number of ether oxygens (including phenoxy) is 3. The fraction of sp³-hybridized carbons (Fsp3) is 0.255. The van der Waals surface area contributed by atoms with Crippen LogP contribution < -0.4 is 31.7 Å². The Morgan fingerprint density at radius 3 is 1.60 bits per heavy atom. The smallest absolute Gasteiger partial charge is 0.412 e. The summed E-state index contributed by atoms with van der Waals surface area (Å²) in [6.07, 6.45) is -0.483. The van der Waals surface area contributed by atoms with Crippen LogP contribution >= 0.6 is 47.0 Å². The van der Waals surface area contributed by atoms with Gasteiger partial charge in [-0.1, -0.05) is 71.3 Å². The maximum atomic E-state index is 12.5. The van der Waals surface area contributed by atoms with E-state index >= 15 is 0 Å². The molecule has 2 saturated heterocycles. The van der Waals surface area contributed by atoms with E-state index in [0.717, 1.165) is 69.1 Å². The van der Waals surface area contributed by atoms with Gasteiger partial charge in [0.05, 0.1) is 26.4 Å². The monoisotopic (exact) mass is 920 g/mol. The van der Waals surface area contributed by atoms with E-state index in [1.54, 1.807) is 71.3 Å². The Bertz CT molecular complexity index is 2810. The second-order valence-electron chi connectivity index (χ2n) is 15.9. The van der Waals surface area contributed by atoms with Gasteiger partial charge in [-0.25, -0.2) is 4.79 Å². The van der Waals surface area contributed by atoms with E-state index in [-0.39, 0.29) is 10.9 Å². The molecule has 4 aliphatic rings. The lowest BCUT2D eigenvalue weighted by Crippen LogP contribution is -2.36. The fourth-order valence-corrected chi connectivity index (χ4v) is 12.0. The molecule has 0 saturated carbocycles. The lowest BCUT2D eigenvalue weighted by Gasteiger charge is -2.27. The van der Waals surface area contributed by atoms with E-state index in [1.165, 1.54) is 0 Å². The SMILES string of the molecule is CC(C)(C)OC(=O)Nc1ccc2c(c1)Sc1cccc(-c3cc(=O)cc(N4CCOCC4)o3)c1S2.Nc1ccc2c(c1)Sc1cccc(-c3cc(=O)cc(N4CCOCC4)o3)c1S2. The molecule has 12 nitrogen and oxygen atoms in total. The first-order valence-corrected chi connectivity index (χ1v) is 23.7. The summed E-state index contributed by atoms with van der Waals surface area (Å²) in [4.78, 5) is 50.0. The minimum atomic E-state index is -0.563. The number of hydrogen-bond donors (Lipinski definition) is 2. The summed E-state index contributed by atoms with van der Waals surface area (Å²) in [5.41, 5.74) is 8.49. The molecule has 6 heterocycles. The van der Waals surface area contributed by atoms with Crippen molar-refractivity contribution in [3.63, 3.8) is 0 Å². The first-order valence-electron chi connectivity index (χ1n) is 20.4. The molecule has 2 fully saturated rings. The Kier molecular flexibility index (Phi) is 12.6. The Hall–Kier alpha value is -5.23. The number of nitrogen functional groups attached to an aromatic ring is 1. The number of rotatable bonds is 5. The highest BCUT2D eigenvalue weighted by Gasteiger charge is 2.26. The normalized spacial score (nSPS) is 15.5. The second kappa shape index (κ2) is 18.5. The highest BCUT2D eigenvalue weighted by molar-refractivity contribution is 8.05. The summed E-state index contributed by atoms with van der Waals surface area (Å²) in [5.74, 6) is 2.32. The maximum absolute atomic E-state index is 12.5. The first-order chi connectivity index (χ1) is 30.4. The molecule has 16 heteroatoms. The number of anilines is 4. The van der Waals surface area contributed by atoms with Crippen molar-refractivity contribution in [1.29, 1.82) is 0 Å². The molecule has 6 aromatic rings. The molecule has 0 radical (unpaired) electrons. The zero-order valence-electron chi connectivity index (χ0n) is 34.8. The Balaban J connectivity index is 0.000000164. The van der Waals surface area contributed by atoms with E-state index in [4.69, 9.17) is 28.8 Å². The van der Waals surface area contributed by atoms with Crippen molar-refractivity contribution in [1.82, 2.24) is 0 Å². The molecule has 63 heavy (non-hydrogen) atoms. The Morgan fingerprint density at radius 2 is 1.10 bits per heavy atom. The first kappa shape index (κ1) is 43.0. The van der Waals surface area contributed by atoms with Crippen LogP contribution in [0.4, 0.5) is 27.9 Å².